The van der Waals surface area contributed by atoms with E-state index >= 15 is 0 Å². The minimum Gasteiger partial charge on any atom is -0.508 e. The zero-order valence-electron chi connectivity index (χ0n) is 12.7. The van der Waals surface area contributed by atoms with Gasteiger partial charge in [-0.25, -0.2) is 0 Å². The van der Waals surface area contributed by atoms with Gasteiger partial charge in [-0.05, 0) is 38.2 Å². The minimum absolute atomic E-state index is 0.147. The Balaban J connectivity index is 3.21. The molecule has 0 atom stereocenters. The Bertz CT molecular complexity index is 390. The van der Waals surface area contributed by atoms with E-state index in [1.165, 1.54) is 0 Å². The van der Waals surface area contributed by atoms with Crippen molar-refractivity contribution in [3.63, 3.8) is 0 Å². The molecule has 0 unspecified atom stereocenters. The molecule has 108 valence electrons. The van der Waals surface area contributed by atoms with Gasteiger partial charge < -0.3 is 10.2 Å². The average Bonchev–Trinajstić information content (AvgIpc) is 2.45. The SMILES string of the molecule is CCC(O)(CC)CC(CC)(CC)c1ccccc1O. The number of hydrogen-bond donors (Lipinski definition) is 2. The molecule has 1 aromatic rings. The number of benzene rings is 1. The fourth-order valence-electron chi connectivity index (χ4n) is 3.03. The lowest BCUT2D eigenvalue weighted by molar-refractivity contribution is -0.00182. The Morgan fingerprint density at radius 1 is 0.895 bits per heavy atom. The van der Waals surface area contributed by atoms with Gasteiger partial charge >= 0.3 is 0 Å². The third-order valence-electron chi connectivity index (χ3n) is 4.81. The lowest BCUT2D eigenvalue weighted by Gasteiger charge is -2.40. The van der Waals surface area contributed by atoms with Crippen LogP contribution < -0.4 is 0 Å². The van der Waals surface area contributed by atoms with E-state index in [1.807, 2.05) is 32.0 Å². The molecule has 0 bridgehead atoms. The molecule has 0 aliphatic carbocycles. The second-order valence-corrected chi connectivity index (χ2v) is 5.61. The molecule has 1 rings (SSSR count). The quantitative estimate of drug-likeness (QED) is 0.766. The summed E-state index contributed by atoms with van der Waals surface area (Å²) in [5.74, 6) is 0.348. The Kier molecular flexibility index (Phi) is 5.42. The maximum absolute atomic E-state index is 10.7. The van der Waals surface area contributed by atoms with E-state index in [4.69, 9.17) is 0 Å². The largest absolute Gasteiger partial charge is 0.508 e. The highest BCUT2D eigenvalue weighted by atomic mass is 16.3. The Morgan fingerprint density at radius 3 is 1.84 bits per heavy atom. The van der Waals surface area contributed by atoms with E-state index in [0.717, 1.165) is 31.2 Å². The molecule has 0 saturated carbocycles. The van der Waals surface area contributed by atoms with E-state index in [-0.39, 0.29) is 5.41 Å². The first-order valence-electron chi connectivity index (χ1n) is 7.47. The van der Waals surface area contributed by atoms with Gasteiger partial charge in [-0.15, -0.1) is 0 Å². The first-order valence-corrected chi connectivity index (χ1v) is 7.47. The molecule has 0 aliphatic rings. The first-order chi connectivity index (χ1) is 8.97. The van der Waals surface area contributed by atoms with Crippen LogP contribution in [0.2, 0.25) is 0 Å². The van der Waals surface area contributed by atoms with Crippen molar-refractivity contribution >= 4 is 0 Å². The molecule has 1 aromatic carbocycles. The summed E-state index contributed by atoms with van der Waals surface area (Å²) in [7, 11) is 0. The summed E-state index contributed by atoms with van der Waals surface area (Å²) < 4.78 is 0. The van der Waals surface area contributed by atoms with Gasteiger partial charge in [0.1, 0.15) is 5.75 Å². The van der Waals surface area contributed by atoms with Crippen LogP contribution in [-0.2, 0) is 5.41 Å². The number of phenols is 1. The zero-order valence-corrected chi connectivity index (χ0v) is 12.7. The van der Waals surface area contributed by atoms with Gasteiger partial charge in [0.15, 0.2) is 0 Å². The molecule has 0 fully saturated rings. The van der Waals surface area contributed by atoms with Crippen molar-refractivity contribution in [3.05, 3.63) is 29.8 Å². The zero-order chi connectivity index (χ0) is 14.5. The van der Waals surface area contributed by atoms with Crippen LogP contribution >= 0.6 is 0 Å². The van der Waals surface area contributed by atoms with Crippen molar-refractivity contribution in [1.29, 1.82) is 0 Å². The van der Waals surface area contributed by atoms with Crippen LogP contribution in [0.1, 0.15) is 65.4 Å². The molecule has 0 saturated heterocycles. The fourth-order valence-corrected chi connectivity index (χ4v) is 3.03. The van der Waals surface area contributed by atoms with Crippen molar-refractivity contribution in [2.75, 3.05) is 0 Å². The van der Waals surface area contributed by atoms with Gasteiger partial charge in [0.05, 0.1) is 5.60 Å². The average molecular weight is 264 g/mol. The van der Waals surface area contributed by atoms with Gasteiger partial charge in [-0.2, -0.15) is 0 Å². The molecular formula is C17H28O2. The van der Waals surface area contributed by atoms with Crippen molar-refractivity contribution in [1.82, 2.24) is 0 Å². The molecule has 2 heteroatoms. The standard InChI is InChI=1S/C17H28O2/c1-5-16(6-2,13-17(19,7-3)8-4)14-11-9-10-12-15(14)18/h9-12,18-19H,5-8,13H2,1-4H3. The summed E-state index contributed by atoms with van der Waals surface area (Å²) in [5, 5.41) is 20.9. The number of aliphatic hydroxyl groups is 1. The van der Waals surface area contributed by atoms with Crippen LogP contribution in [-0.4, -0.2) is 15.8 Å². The van der Waals surface area contributed by atoms with Crippen molar-refractivity contribution in [2.24, 2.45) is 0 Å². The van der Waals surface area contributed by atoms with Crippen LogP contribution in [0.5, 0.6) is 5.75 Å². The topological polar surface area (TPSA) is 40.5 Å². The van der Waals surface area contributed by atoms with Crippen molar-refractivity contribution < 1.29 is 10.2 Å². The lowest BCUT2D eigenvalue weighted by atomic mass is 9.67. The summed E-state index contributed by atoms with van der Waals surface area (Å²) >= 11 is 0. The lowest BCUT2D eigenvalue weighted by Crippen LogP contribution is -2.38. The summed E-state index contributed by atoms with van der Waals surface area (Å²) in [6.07, 6.45) is 4.04. The molecule has 19 heavy (non-hydrogen) atoms. The third-order valence-corrected chi connectivity index (χ3v) is 4.81. The fraction of sp³-hybridized carbons (Fsp3) is 0.647. The first kappa shape index (κ1) is 16.0. The number of para-hydroxylation sites is 1. The molecule has 0 spiro atoms. The van der Waals surface area contributed by atoms with Crippen molar-refractivity contribution in [3.8, 4) is 5.75 Å². The highest BCUT2D eigenvalue weighted by Crippen LogP contribution is 2.44. The minimum atomic E-state index is -0.645. The summed E-state index contributed by atoms with van der Waals surface area (Å²) in [4.78, 5) is 0. The Morgan fingerprint density at radius 2 is 1.42 bits per heavy atom. The molecule has 0 heterocycles. The van der Waals surface area contributed by atoms with Crippen molar-refractivity contribution in [2.45, 2.75) is 70.8 Å². The molecule has 2 nitrogen and oxygen atoms in total. The van der Waals surface area contributed by atoms with E-state index in [0.29, 0.717) is 12.2 Å². The maximum atomic E-state index is 10.7. The van der Waals surface area contributed by atoms with Gasteiger partial charge in [-0.1, -0.05) is 45.9 Å². The van der Waals surface area contributed by atoms with E-state index in [2.05, 4.69) is 13.8 Å². The molecule has 0 radical (unpaired) electrons. The predicted molar refractivity (Wildman–Crippen MR) is 80.5 cm³/mol. The highest BCUT2D eigenvalue weighted by Gasteiger charge is 2.38. The van der Waals surface area contributed by atoms with Crippen LogP contribution in [0.3, 0.4) is 0 Å². The van der Waals surface area contributed by atoms with Crippen LogP contribution in [0.4, 0.5) is 0 Å². The molecule has 0 aromatic heterocycles. The maximum Gasteiger partial charge on any atom is 0.119 e. The van der Waals surface area contributed by atoms with Gasteiger partial charge in [0, 0.05) is 11.0 Å². The molecule has 0 amide bonds. The number of phenolic OH excluding ortho intramolecular Hbond substituents is 1. The van der Waals surface area contributed by atoms with E-state index in [9.17, 15) is 10.2 Å². The van der Waals surface area contributed by atoms with Crippen LogP contribution in [0.15, 0.2) is 24.3 Å². The van der Waals surface area contributed by atoms with Crippen LogP contribution in [0, 0.1) is 0 Å². The van der Waals surface area contributed by atoms with Gasteiger partial charge in [0.25, 0.3) is 0 Å². The number of hydrogen-bond acceptors (Lipinski definition) is 2. The number of aromatic hydroxyl groups is 1. The Hall–Kier alpha value is -1.02. The number of rotatable bonds is 7. The molecule has 2 N–H and O–H groups in total. The molecule has 0 aliphatic heterocycles. The monoisotopic (exact) mass is 264 g/mol. The third kappa shape index (κ3) is 3.30. The van der Waals surface area contributed by atoms with E-state index < -0.39 is 5.60 Å². The Labute approximate surface area is 117 Å². The van der Waals surface area contributed by atoms with E-state index in [1.54, 1.807) is 6.07 Å². The summed E-state index contributed by atoms with van der Waals surface area (Å²) in [5.41, 5.74) is 0.181. The van der Waals surface area contributed by atoms with Crippen LogP contribution in [0.25, 0.3) is 0 Å². The summed E-state index contributed by atoms with van der Waals surface area (Å²) in [6.45, 7) is 8.35. The molecular weight excluding hydrogens is 236 g/mol. The smallest absolute Gasteiger partial charge is 0.119 e. The normalized spacial score (nSPS) is 12.7. The second kappa shape index (κ2) is 6.42. The van der Waals surface area contributed by atoms with Gasteiger partial charge in [0.2, 0.25) is 0 Å². The summed E-state index contributed by atoms with van der Waals surface area (Å²) in [6, 6.07) is 7.55. The second-order valence-electron chi connectivity index (χ2n) is 5.61. The highest BCUT2D eigenvalue weighted by molar-refractivity contribution is 5.38. The predicted octanol–water partition coefficient (Wildman–Crippen LogP) is 4.39. The van der Waals surface area contributed by atoms with Gasteiger partial charge in [-0.3, -0.25) is 0 Å².